The first-order valence-corrected chi connectivity index (χ1v) is 8.97. The summed E-state index contributed by atoms with van der Waals surface area (Å²) in [4.78, 5) is 11.5. The molecule has 0 unspecified atom stereocenters. The third kappa shape index (κ3) is 3.97. The average Bonchev–Trinajstić information content (AvgIpc) is 2.79. The Balaban J connectivity index is 1.99. The molecular weight excluding hydrogens is 376 g/mol. The first-order valence-electron chi connectivity index (χ1n) is 5.87. The van der Waals surface area contributed by atoms with Crippen molar-refractivity contribution in [2.45, 2.75) is 17.7 Å². The number of hydrogen-bond donors (Lipinski definition) is 0. The SMILES string of the molecule is O=C(OCC1CCOCC1)c1cc(S(=O)(=O)Cl)c(Br)o1. The fourth-order valence-electron chi connectivity index (χ4n) is 1.80. The quantitative estimate of drug-likeness (QED) is 0.583. The Hall–Kier alpha value is -0.570. The smallest absolute Gasteiger partial charge is 0.374 e. The van der Waals surface area contributed by atoms with E-state index >= 15 is 0 Å². The summed E-state index contributed by atoms with van der Waals surface area (Å²) in [6.07, 6.45) is 1.66. The van der Waals surface area contributed by atoms with E-state index in [0.717, 1.165) is 18.9 Å². The molecule has 2 heterocycles. The fraction of sp³-hybridized carbons (Fsp3) is 0.545. The van der Waals surface area contributed by atoms with Gasteiger partial charge in [-0.1, -0.05) is 0 Å². The molecule has 9 heteroatoms. The summed E-state index contributed by atoms with van der Waals surface area (Å²) in [6.45, 7) is 1.57. The Morgan fingerprint density at radius 3 is 2.65 bits per heavy atom. The fourth-order valence-corrected chi connectivity index (χ4v) is 3.83. The maximum absolute atomic E-state index is 11.8. The molecule has 0 aromatic carbocycles. The molecule has 1 fully saturated rings. The number of hydrogen-bond acceptors (Lipinski definition) is 6. The van der Waals surface area contributed by atoms with Crippen molar-refractivity contribution in [2.75, 3.05) is 19.8 Å². The predicted molar refractivity (Wildman–Crippen MR) is 73.3 cm³/mol. The highest BCUT2D eigenvalue weighted by Crippen LogP contribution is 2.29. The lowest BCUT2D eigenvalue weighted by molar-refractivity contribution is 0.0163. The van der Waals surface area contributed by atoms with E-state index in [0.29, 0.717) is 13.2 Å². The van der Waals surface area contributed by atoms with E-state index in [4.69, 9.17) is 24.6 Å². The summed E-state index contributed by atoms with van der Waals surface area (Å²) in [5, 5.41) is 0. The minimum absolute atomic E-state index is 0.120. The number of ether oxygens (including phenoxy) is 2. The van der Waals surface area contributed by atoms with Crippen molar-refractivity contribution in [3.63, 3.8) is 0 Å². The lowest BCUT2D eigenvalue weighted by Gasteiger charge is -2.21. The van der Waals surface area contributed by atoms with Gasteiger partial charge in [-0.15, -0.1) is 0 Å². The molecule has 112 valence electrons. The zero-order valence-corrected chi connectivity index (χ0v) is 13.5. The van der Waals surface area contributed by atoms with Gasteiger partial charge in [0.25, 0.3) is 9.05 Å². The molecule has 1 aromatic heterocycles. The van der Waals surface area contributed by atoms with Crippen LogP contribution in [0.5, 0.6) is 0 Å². The van der Waals surface area contributed by atoms with E-state index in [9.17, 15) is 13.2 Å². The predicted octanol–water partition coefficient (Wildman–Crippen LogP) is 2.55. The second kappa shape index (κ2) is 6.46. The molecule has 0 amide bonds. The van der Waals surface area contributed by atoms with Gasteiger partial charge in [0.05, 0.1) is 6.61 Å². The Bertz CT molecular complexity index is 590. The van der Waals surface area contributed by atoms with E-state index in [2.05, 4.69) is 15.9 Å². The van der Waals surface area contributed by atoms with E-state index < -0.39 is 15.0 Å². The lowest BCUT2D eigenvalue weighted by atomic mass is 10.0. The van der Waals surface area contributed by atoms with Crippen LogP contribution < -0.4 is 0 Å². The van der Waals surface area contributed by atoms with E-state index in [1.807, 2.05) is 0 Å². The monoisotopic (exact) mass is 386 g/mol. The molecule has 0 bridgehead atoms. The van der Waals surface area contributed by atoms with Crippen molar-refractivity contribution >= 4 is 41.6 Å². The molecule has 0 radical (unpaired) electrons. The maximum atomic E-state index is 11.8. The summed E-state index contributed by atoms with van der Waals surface area (Å²) in [7, 11) is 1.22. The highest BCUT2D eigenvalue weighted by molar-refractivity contribution is 9.10. The minimum atomic E-state index is -3.97. The Kier molecular flexibility index (Phi) is 5.11. The van der Waals surface area contributed by atoms with Crippen LogP contribution >= 0.6 is 26.6 Å². The second-order valence-corrected chi connectivity index (χ2v) is 7.60. The number of furan rings is 1. The first-order chi connectivity index (χ1) is 9.38. The number of halogens is 2. The zero-order valence-electron chi connectivity index (χ0n) is 10.3. The van der Waals surface area contributed by atoms with Gasteiger partial charge < -0.3 is 13.9 Å². The Labute approximate surface area is 128 Å². The van der Waals surface area contributed by atoms with Crippen molar-refractivity contribution in [1.29, 1.82) is 0 Å². The standard InChI is InChI=1S/C11H12BrClO6S/c12-10-9(20(13,15)16)5-8(19-10)11(14)18-6-7-1-3-17-4-2-7/h5,7H,1-4,6H2. The summed E-state index contributed by atoms with van der Waals surface area (Å²) in [5.41, 5.74) is 0. The van der Waals surface area contributed by atoms with Crippen molar-refractivity contribution < 1.29 is 27.1 Å². The van der Waals surface area contributed by atoms with E-state index in [-0.39, 0.29) is 27.9 Å². The molecule has 1 aliphatic rings. The van der Waals surface area contributed by atoms with Gasteiger partial charge in [0.2, 0.25) is 5.76 Å². The number of rotatable bonds is 4. The Morgan fingerprint density at radius 2 is 2.10 bits per heavy atom. The van der Waals surface area contributed by atoms with Crippen LogP contribution in [0.2, 0.25) is 0 Å². The molecule has 0 saturated carbocycles. The normalized spacial score (nSPS) is 17.1. The lowest BCUT2D eigenvalue weighted by Crippen LogP contribution is -2.21. The summed E-state index contributed by atoms with van der Waals surface area (Å²) in [5.74, 6) is -0.672. The number of esters is 1. The second-order valence-electron chi connectivity index (χ2n) is 4.34. The third-order valence-corrected chi connectivity index (χ3v) is 5.09. The van der Waals surface area contributed by atoms with Gasteiger partial charge in [-0.05, 0) is 34.7 Å². The molecule has 20 heavy (non-hydrogen) atoms. The van der Waals surface area contributed by atoms with Crippen LogP contribution in [0.15, 0.2) is 20.0 Å². The molecule has 0 N–H and O–H groups in total. The van der Waals surface area contributed by atoms with E-state index in [1.54, 1.807) is 0 Å². The van der Waals surface area contributed by atoms with Crippen LogP contribution in [0.1, 0.15) is 23.4 Å². The van der Waals surface area contributed by atoms with Crippen molar-refractivity contribution in [1.82, 2.24) is 0 Å². The van der Waals surface area contributed by atoms with Crippen LogP contribution in [0.25, 0.3) is 0 Å². The van der Waals surface area contributed by atoms with Crippen molar-refractivity contribution in [2.24, 2.45) is 5.92 Å². The summed E-state index contributed by atoms with van der Waals surface area (Å²) < 4.78 is 37.6. The van der Waals surface area contributed by atoms with Gasteiger partial charge in [0.15, 0.2) is 4.67 Å². The first kappa shape index (κ1) is 15.8. The highest BCUT2D eigenvalue weighted by Gasteiger charge is 2.25. The Morgan fingerprint density at radius 1 is 1.45 bits per heavy atom. The zero-order chi connectivity index (χ0) is 14.8. The highest BCUT2D eigenvalue weighted by atomic mass is 79.9. The van der Waals surface area contributed by atoms with Gasteiger partial charge >= 0.3 is 5.97 Å². The van der Waals surface area contributed by atoms with Gasteiger partial charge in [-0.2, -0.15) is 0 Å². The van der Waals surface area contributed by atoms with Crippen LogP contribution in [-0.2, 0) is 18.5 Å². The molecule has 0 aliphatic carbocycles. The van der Waals surface area contributed by atoms with Crippen molar-refractivity contribution in [3.8, 4) is 0 Å². The van der Waals surface area contributed by atoms with E-state index in [1.165, 1.54) is 0 Å². The molecule has 1 aromatic rings. The summed E-state index contributed by atoms with van der Waals surface area (Å²) in [6, 6.07) is 1.04. The maximum Gasteiger partial charge on any atom is 0.374 e. The minimum Gasteiger partial charge on any atom is -0.460 e. The number of carbonyl (C=O) groups is 1. The topological polar surface area (TPSA) is 82.8 Å². The van der Waals surface area contributed by atoms with Crippen LogP contribution in [0.3, 0.4) is 0 Å². The molecule has 1 aliphatic heterocycles. The van der Waals surface area contributed by atoms with Crippen LogP contribution in [-0.4, -0.2) is 34.2 Å². The molecule has 6 nitrogen and oxygen atoms in total. The van der Waals surface area contributed by atoms with Gasteiger partial charge in [0.1, 0.15) is 4.90 Å². The van der Waals surface area contributed by atoms with Gasteiger partial charge in [0, 0.05) is 30.0 Å². The average molecular weight is 388 g/mol. The molecule has 0 atom stereocenters. The molecule has 2 rings (SSSR count). The van der Waals surface area contributed by atoms with Crippen LogP contribution in [0, 0.1) is 5.92 Å². The van der Waals surface area contributed by atoms with Gasteiger partial charge in [-0.3, -0.25) is 0 Å². The molecule has 1 saturated heterocycles. The summed E-state index contributed by atoms with van der Waals surface area (Å²) >= 11 is 2.89. The van der Waals surface area contributed by atoms with Gasteiger partial charge in [-0.25, -0.2) is 13.2 Å². The largest absolute Gasteiger partial charge is 0.460 e. The number of carbonyl (C=O) groups excluding carboxylic acids is 1. The third-order valence-electron chi connectivity index (χ3n) is 2.91. The molecular formula is C11H12BrClO6S. The van der Waals surface area contributed by atoms with Crippen molar-refractivity contribution in [3.05, 3.63) is 16.5 Å². The molecule has 0 spiro atoms. The van der Waals surface area contributed by atoms with Crippen LogP contribution in [0.4, 0.5) is 0 Å².